The van der Waals surface area contributed by atoms with E-state index in [1.54, 1.807) is 0 Å². The maximum absolute atomic E-state index is 12.7. The maximum atomic E-state index is 12.7. The number of anilines is 1. The van der Waals surface area contributed by atoms with Crippen LogP contribution in [-0.4, -0.2) is 53.8 Å². The van der Waals surface area contributed by atoms with Gasteiger partial charge in [-0.15, -0.1) is 10.2 Å². The quantitative estimate of drug-likeness (QED) is 0.408. The number of hydrogen-bond donors (Lipinski definition) is 0. The lowest BCUT2D eigenvalue weighted by Crippen LogP contribution is -2.50. The van der Waals surface area contributed by atoms with E-state index in [1.807, 2.05) is 59.5 Å². The summed E-state index contributed by atoms with van der Waals surface area (Å²) in [4.78, 5) is 16.7. The van der Waals surface area contributed by atoms with Crippen LogP contribution < -0.4 is 9.64 Å². The van der Waals surface area contributed by atoms with Crippen molar-refractivity contribution in [1.29, 1.82) is 0 Å². The first-order valence-electron chi connectivity index (χ1n) is 11.9. The van der Waals surface area contributed by atoms with Crippen molar-refractivity contribution in [3.63, 3.8) is 0 Å². The van der Waals surface area contributed by atoms with Crippen LogP contribution in [0, 0.1) is 6.92 Å². The Hall–Kier alpha value is -4.19. The van der Waals surface area contributed by atoms with Crippen molar-refractivity contribution in [3.05, 3.63) is 96.6 Å². The van der Waals surface area contributed by atoms with Gasteiger partial charge in [0.1, 0.15) is 5.75 Å². The second-order valence-corrected chi connectivity index (χ2v) is 8.69. The smallest absolute Gasteiger partial charge is 0.260 e. The van der Waals surface area contributed by atoms with Gasteiger partial charge in [-0.2, -0.15) is 0 Å². The summed E-state index contributed by atoms with van der Waals surface area (Å²) in [5.41, 5.74) is 5.41. The van der Waals surface area contributed by atoms with Gasteiger partial charge in [0.05, 0.1) is 5.69 Å². The van der Waals surface area contributed by atoms with E-state index in [4.69, 9.17) is 4.74 Å². The molecule has 3 aromatic carbocycles. The van der Waals surface area contributed by atoms with E-state index in [1.165, 1.54) is 5.56 Å². The van der Waals surface area contributed by atoms with Crippen LogP contribution in [0.3, 0.4) is 0 Å². The van der Waals surface area contributed by atoms with Crippen LogP contribution in [0.4, 0.5) is 5.82 Å². The minimum Gasteiger partial charge on any atom is -0.484 e. The molecule has 35 heavy (non-hydrogen) atoms. The number of benzene rings is 3. The number of amides is 1. The molecule has 0 saturated carbocycles. The Balaban J connectivity index is 1.11. The number of hydrogen-bond acceptors (Lipinski definition) is 5. The molecule has 0 atom stereocenters. The van der Waals surface area contributed by atoms with Crippen LogP contribution in [0.25, 0.3) is 22.4 Å². The Morgan fingerprint density at radius 2 is 1.40 bits per heavy atom. The molecular formula is C29H28N4O2. The van der Waals surface area contributed by atoms with Crippen molar-refractivity contribution in [1.82, 2.24) is 15.1 Å². The summed E-state index contributed by atoms with van der Waals surface area (Å²) in [6, 6.07) is 30.3. The fourth-order valence-electron chi connectivity index (χ4n) is 4.17. The number of nitrogens with zero attached hydrogens (tertiary/aromatic N) is 4. The van der Waals surface area contributed by atoms with Crippen LogP contribution >= 0.6 is 0 Å². The first-order valence-corrected chi connectivity index (χ1v) is 11.9. The molecule has 1 aliphatic heterocycles. The molecule has 1 aliphatic rings. The fraction of sp³-hybridized carbons (Fsp3) is 0.207. The lowest BCUT2D eigenvalue weighted by Gasteiger charge is -2.35. The number of rotatable bonds is 6. The molecule has 0 unspecified atom stereocenters. The van der Waals surface area contributed by atoms with Crippen molar-refractivity contribution in [3.8, 4) is 28.1 Å². The zero-order valence-corrected chi connectivity index (χ0v) is 19.8. The zero-order valence-electron chi connectivity index (χ0n) is 19.8. The fourth-order valence-corrected chi connectivity index (χ4v) is 4.17. The average Bonchev–Trinajstić information content (AvgIpc) is 2.93. The predicted molar refractivity (Wildman–Crippen MR) is 138 cm³/mol. The van der Waals surface area contributed by atoms with Crippen molar-refractivity contribution >= 4 is 11.7 Å². The molecular weight excluding hydrogens is 436 g/mol. The number of aryl methyl sites for hydroxylation is 1. The SMILES string of the molecule is Cc1ccc(-c2ccc(N3CCN(C(=O)COc4ccc(-c5ccccc5)cc4)CC3)nn2)cc1. The summed E-state index contributed by atoms with van der Waals surface area (Å²) < 4.78 is 5.76. The highest BCUT2D eigenvalue weighted by Gasteiger charge is 2.22. The Labute approximate surface area is 205 Å². The largest absolute Gasteiger partial charge is 0.484 e. The molecule has 2 heterocycles. The van der Waals surface area contributed by atoms with Gasteiger partial charge < -0.3 is 14.5 Å². The summed E-state index contributed by atoms with van der Waals surface area (Å²) in [7, 11) is 0. The van der Waals surface area contributed by atoms with Crippen LogP contribution in [0.15, 0.2) is 91.0 Å². The Morgan fingerprint density at radius 3 is 2.06 bits per heavy atom. The van der Waals surface area contributed by atoms with Gasteiger partial charge in [-0.25, -0.2) is 0 Å². The minimum atomic E-state index is -0.00223. The first-order chi connectivity index (χ1) is 17.2. The van der Waals surface area contributed by atoms with E-state index >= 15 is 0 Å². The highest BCUT2D eigenvalue weighted by atomic mass is 16.5. The highest BCUT2D eigenvalue weighted by molar-refractivity contribution is 5.78. The Bertz CT molecular complexity index is 1250. The molecule has 0 bridgehead atoms. The molecule has 1 fully saturated rings. The third kappa shape index (κ3) is 5.49. The van der Waals surface area contributed by atoms with Gasteiger partial charge in [0.15, 0.2) is 12.4 Å². The monoisotopic (exact) mass is 464 g/mol. The van der Waals surface area contributed by atoms with Crippen LogP contribution in [0.5, 0.6) is 5.75 Å². The molecule has 6 nitrogen and oxygen atoms in total. The van der Waals surface area contributed by atoms with Gasteiger partial charge in [-0.05, 0) is 42.3 Å². The number of ether oxygens (including phenoxy) is 1. The summed E-state index contributed by atoms with van der Waals surface area (Å²) in [5, 5.41) is 8.83. The van der Waals surface area contributed by atoms with Crippen molar-refractivity contribution in [2.75, 3.05) is 37.7 Å². The predicted octanol–water partition coefficient (Wildman–Crippen LogP) is 4.85. The third-order valence-corrected chi connectivity index (χ3v) is 6.28. The first kappa shape index (κ1) is 22.6. The highest BCUT2D eigenvalue weighted by Crippen LogP contribution is 2.23. The summed E-state index contributed by atoms with van der Waals surface area (Å²) in [6.45, 7) is 4.81. The van der Waals surface area contributed by atoms with E-state index in [0.29, 0.717) is 18.8 Å². The topological polar surface area (TPSA) is 58.6 Å². The lowest BCUT2D eigenvalue weighted by atomic mass is 10.1. The summed E-state index contributed by atoms with van der Waals surface area (Å²) >= 11 is 0. The van der Waals surface area contributed by atoms with Crippen LogP contribution in [0.1, 0.15) is 5.56 Å². The van der Waals surface area contributed by atoms with E-state index in [-0.39, 0.29) is 12.5 Å². The standard InChI is InChI=1S/C29H28N4O2/c1-22-7-9-25(10-8-22)27-15-16-28(31-30-27)32-17-19-33(20-18-32)29(34)21-35-26-13-11-24(12-14-26)23-5-3-2-4-6-23/h2-16H,17-21H2,1H3. The van der Waals surface area contributed by atoms with Gasteiger partial charge in [-0.3, -0.25) is 4.79 Å². The molecule has 5 rings (SSSR count). The molecule has 1 amide bonds. The minimum absolute atomic E-state index is 0.00223. The molecule has 0 spiro atoms. The number of carbonyl (C=O) groups is 1. The number of aromatic nitrogens is 2. The van der Waals surface area contributed by atoms with E-state index in [0.717, 1.165) is 41.3 Å². The van der Waals surface area contributed by atoms with Crippen LogP contribution in [0.2, 0.25) is 0 Å². The Kier molecular flexibility index (Phi) is 6.70. The van der Waals surface area contributed by atoms with E-state index in [2.05, 4.69) is 58.4 Å². The lowest BCUT2D eigenvalue weighted by molar-refractivity contribution is -0.133. The van der Waals surface area contributed by atoms with Crippen LogP contribution in [-0.2, 0) is 4.79 Å². The van der Waals surface area contributed by atoms with E-state index in [9.17, 15) is 4.79 Å². The average molecular weight is 465 g/mol. The van der Waals surface area contributed by atoms with Gasteiger partial charge in [-0.1, -0.05) is 72.3 Å². The van der Waals surface area contributed by atoms with Gasteiger partial charge in [0.2, 0.25) is 0 Å². The third-order valence-electron chi connectivity index (χ3n) is 6.28. The molecule has 1 aromatic heterocycles. The van der Waals surface area contributed by atoms with Gasteiger partial charge in [0, 0.05) is 31.7 Å². The molecule has 6 heteroatoms. The normalized spacial score (nSPS) is 13.5. The van der Waals surface area contributed by atoms with Crippen molar-refractivity contribution < 1.29 is 9.53 Å². The van der Waals surface area contributed by atoms with E-state index < -0.39 is 0 Å². The number of carbonyl (C=O) groups excluding carboxylic acids is 1. The molecule has 4 aromatic rings. The van der Waals surface area contributed by atoms with Gasteiger partial charge >= 0.3 is 0 Å². The number of piperazine rings is 1. The second kappa shape index (κ2) is 10.4. The second-order valence-electron chi connectivity index (χ2n) is 8.69. The molecule has 0 aliphatic carbocycles. The molecule has 0 N–H and O–H groups in total. The molecule has 0 radical (unpaired) electrons. The van der Waals surface area contributed by atoms with Crippen molar-refractivity contribution in [2.24, 2.45) is 0 Å². The summed E-state index contributed by atoms with van der Waals surface area (Å²) in [5.74, 6) is 1.53. The summed E-state index contributed by atoms with van der Waals surface area (Å²) in [6.07, 6.45) is 0. The van der Waals surface area contributed by atoms with Gasteiger partial charge in [0.25, 0.3) is 5.91 Å². The Morgan fingerprint density at radius 1 is 0.743 bits per heavy atom. The maximum Gasteiger partial charge on any atom is 0.260 e. The zero-order chi connectivity index (χ0) is 24.0. The molecule has 176 valence electrons. The van der Waals surface area contributed by atoms with Crippen molar-refractivity contribution in [2.45, 2.75) is 6.92 Å². The molecule has 1 saturated heterocycles.